The van der Waals surface area contributed by atoms with Crippen LogP contribution in [0.4, 0.5) is 0 Å². The topological polar surface area (TPSA) is 80.0 Å². The number of benzene rings is 2. The lowest BCUT2D eigenvalue weighted by Gasteiger charge is -2.18. The molecule has 0 aliphatic heterocycles. The van der Waals surface area contributed by atoms with E-state index < -0.39 is 5.63 Å². The summed E-state index contributed by atoms with van der Waals surface area (Å²) in [5, 5.41) is 10.6. The highest BCUT2D eigenvalue weighted by Gasteiger charge is 2.12. The maximum absolute atomic E-state index is 12.3. The minimum absolute atomic E-state index is 0.134. The Morgan fingerprint density at radius 1 is 1.19 bits per heavy atom. The molecule has 3 aromatic rings. The summed E-state index contributed by atoms with van der Waals surface area (Å²) >= 11 is 0. The van der Waals surface area contributed by atoms with Crippen LogP contribution in [0, 0.1) is 6.92 Å². The van der Waals surface area contributed by atoms with Gasteiger partial charge < -0.3 is 19.2 Å². The lowest BCUT2D eigenvalue weighted by Crippen LogP contribution is -2.30. The van der Waals surface area contributed by atoms with Gasteiger partial charge in [-0.2, -0.15) is 0 Å². The normalized spacial score (nSPS) is 10.7. The highest BCUT2D eigenvalue weighted by atomic mass is 16.5. The summed E-state index contributed by atoms with van der Waals surface area (Å²) in [6, 6.07) is 13.3. The van der Waals surface area contributed by atoms with Crippen LogP contribution in [0.25, 0.3) is 11.0 Å². The van der Waals surface area contributed by atoms with Gasteiger partial charge in [-0.25, -0.2) is 4.79 Å². The number of rotatable bonds is 5. The Morgan fingerprint density at radius 2 is 1.96 bits per heavy atom. The minimum Gasteiger partial charge on any atom is -0.508 e. The van der Waals surface area contributed by atoms with Gasteiger partial charge in [0.2, 0.25) is 0 Å². The third-order valence-electron chi connectivity index (χ3n) is 4.11. The molecule has 0 atom stereocenters. The van der Waals surface area contributed by atoms with Crippen molar-refractivity contribution in [1.29, 1.82) is 0 Å². The van der Waals surface area contributed by atoms with Crippen molar-refractivity contribution in [2.24, 2.45) is 0 Å². The molecule has 3 rings (SSSR count). The summed E-state index contributed by atoms with van der Waals surface area (Å²) in [5.41, 5.74) is 1.53. The van der Waals surface area contributed by atoms with Crippen LogP contribution in [-0.4, -0.2) is 29.6 Å². The number of fused-ring (bicyclic) bond motifs is 1. The zero-order valence-corrected chi connectivity index (χ0v) is 14.6. The molecule has 1 heterocycles. The Balaban J connectivity index is 1.66. The number of phenols is 1. The molecule has 0 saturated heterocycles. The number of hydrogen-bond donors (Lipinski definition) is 1. The first kappa shape index (κ1) is 17.5. The molecule has 0 aliphatic carbocycles. The van der Waals surface area contributed by atoms with Crippen molar-refractivity contribution in [3.8, 4) is 11.5 Å². The van der Waals surface area contributed by atoms with Crippen molar-refractivity contribution in [3.05, 3.63) is 70.1 Å². The van der Waals surface area contributed by atoms with Gasteiger partial charge in [0.25, 0.3) is 5.91 Å². The Morgan fingerprint density at radius 3 is 2.73 bits per heavy atom. The molecule has 1 N–H and O–H groups in total. The van der Waals surface area contributed by atoms with Crippen LogP contribution in [0.15, 0.2) is 57.7 Å². The van der Waals surface area contributed by atoms with E-state index in [0.29, 0.717) is 16.9 Å². The first-order chi connectivity index (χ1) is 12.4. The fraction of sp³-hybridized carbons (Fsp3) is 0.200. The SMILES string of the molecule is Cc1cc(=O)oc2ccc(OCC(=O)N(C)Cc3ccccc3O)cc12. The van der Waals surface area contributed by atoms with Gasteiger partial charge in [0, 0.05) is 30.6 Å². The van der Waals surface area contributed by atoms with Gasteiger partial charge in [0.1, 0.15) is 17.1 Å². The van der Waals surface area contributed by atoms with Crippen LogP contribution in [0.3, 0.4) is 0 Å². The second kappa shape index (κ2) is 7.31. The second-order valence-corrected chi connectivity index (χ2v) is 6.07. The molecule has 1 aromatic heterocycles. The number of aromatic hydroxyl groups is 1. The van der Waals surface area contributed by atoms with Crippen LogP contribution in [0.1, 0.15) is 11.1 Å². The third kappa shape index (κ3) is 3.85. The van der Waals surface area contributed by atoms with E-state index in [2.05, 4.69) is 0 Å². The zero-order chi connectivity index (χ0) is 18.7. The molecule has 6 nitrogen and oxygen atoms in total. The highest BCUT2D eigenvalue weighted by molar-refractivity contribution is 5.82. The number of para-hydroxylation sites is 1. The third-order valence-corrected chi connectivity index (χ3v) is 4.11. The molecule has 0 fully saturated rings. The Hall–Kier alpha value is -3.28. The molecule has 0 aliphatic rings. The van der Waals surface area contributed by atoms with Crippen LogP contribution in [-0.2, 0) is 11.3 Å². The number of phenolic OH excluding ortho intramolecular Hbond substituents is 1. The van der Waals surface area contributed by atoms with Gasteiger partial charge in [-0.15, -0.1) is 0 Å². The predicted molar refractivity (Wildman–Crippen MR) is 97.3 cm³/mol. The molecule has 0 unspecified atom stereocenters. The summed E-state index contributed by atoms with van der Waals surface area (Å²) in [4.78, 5) is 25.1. The first-order valence-electron chi connectivity index (χ1n) is 8.12. The number of ether oxygens (including phenoxy) is 1. The van der Waals surface area contributed by atoms with Gasteiger partial charge in [-0.3, -0.25) is 4.79 Å². The smallest absolute Gasteiger partial charge is 0.336 e. The number of aryl methyl sites for hydroxylation is 1. The van der Waals surface area contributed by atoms with E-state index in [0.717, 1.165) is 10.9 Å². The molecule has 0 spiro atoms. The number of likely N-dealkylation sites (N-methyl/N-ethyl adjacent to an activating group) is 1. The van der Waals surface area contributed by atoms with Crippen molar-refractivity contribution in [2.75, 3.05) is 13.7 Å². The lowest BCUT2D eigenvalue weighted by atomic mass is 10.1. The van der Waals surface area contributed by atoms with E-state index in [1.807, 2.05) is 6.92 Å². The van der Waals surface area contributed by atoms with Crippen molar-refractivity contribution >= 4 is 16.9 Å². The van der Waals surface area contributed by atoms with Gasteiger partial charge in [-0.05, 0) is 36.8 Å². The molecule has 0 bridgehead atoms. The van der Waals surface area contributed by atoms with Crippen molar-refractivity contribution in [1.82, 2.24) is 4.90 Å². The van der Waals surface area contributed by atoms with E-state index in [-0.39, 0.29) is 24.8 Å². The van der Waals surface area contributed by atoms with E-state index >= 15 is 0 Å². The molecule has 134 valence electrons. The van der Waals surface area contributed by atoms with E-state index in [9.17, 15) is 14.7 Å². The van der Waals surface area contributed by atoms with Gasteiger partial charge >= 0.3 is 5.63 Å². The predicted octanol–water partition coefficient (Wildman–Crippen LogP) is 2.84. The number of carbonyl (C=O) groups is 1. The molecular weight excluding hydrogens is 334 g/mol. The van der Waals surface area contributed by atoms with Crippen LogP contribution >= 0.6 is 0 Å². The number of carbonyl (C=O) groups excluding carboxylic acids is 1. The average Bonchev–Trinajstić information content (AvgIpc) is 2.61. The van der Waals surface area contributed by atoms with Crippen LogP contribution in [0.5, 0.6) is 11.5 Å². The Bertz CT molecular complexity index is 1010. The van der Waals surface area contributed by atoms with Gasteiger partial charge in [0.15, 0.2) is 6.61 Å². The summed E-state index contributed by atoms with van der Waals surface area (Å²) in [6.45, 7) is 1.97. The minimum atomic E-state index is -0.398. The van der Waals surface area contributed by atoms with Gasteiger partial charge in [0.05, 0.1) is 0 Å². The lowest BCUT2D eigenvalue weighted by molar-refractivity contribution is -0.132. The Labute approximate surface area is 150 Å². The quantitative estimate of drug-likeness (QED) is 0.714. The largest absolute Gasteiger partial charge is 0.508 e. The molecule has 6 heteroatoms. The van der Waals surface area contributed by atoms with Crippen molar-refractivity contribution in [3.63, 3.8) is 0 Å². The second-order valence-electron chi connectivity index (χ2n) is 6.07. The maximum atomic E-state index is 12.3. The molecular formula is C20H19NO5. The molecule has 1 amide bonds. The standard InChI is InChI=1S/C20H19NO5/c1-13-9-20(24)26-18-8-7-15(10-16(13)18)25-12-19(23)21(2)11-14-5-3-4-6-17(14)22/h3-10,22H,11-12H2,1-2H3. The van der Waals surface area contributed by atoms with Gasteiger partial charge in [-0.1, -0.05) is 18.2 Å². The fourth-order valence-electron chi connectivity index (χ4n) is 2.63. The number of nitrogens with zero attached hydrogens (tertiary/aromatic N) is 1. The Kier molecular flexibility index (Phi) is 4.93. The monoisotopic (exact) mass is 353 g/mol. The summed E-state index contributed by atoms with van der Waals surface area (Å²) < 4.78 is 10.7. The fourth-order valence-corrected chi connectivity index (χ4v) is 2.63. The summed E-state index contributed by atoms with van der Waals surface area (Å²) in [6.07, 6.45) is 0. The first-order valence-corrected chi connectivity index (χ1v) is 8.12. The van der Waals surface area contributed by atoms with Crippen LogP contribution < -0.4 is 10.4 Å². The molecule has 0 saturated carbocycles. The van der Waals surface area contributed by atoms with E-state index in [1.165, 1.54) is 11.0 Å². The summed E-state index contributed by atoms with van der Waals surface area (Å²) in [7, 11) is 1.65. The number of amides is 1. The van der Waals surface area contributed by atoms with E-state index in [1.54, 1.807) is 49.5 Å². The summed E-state index contributed by atoms with van der Waals surface area (Å²) in [5.74, 6) is 0.447. The maximum Gasteiger partial charge on any atom is 0.336 e. The molecule has 26 heavy (non-hydrogen) atoms. The zero-order valence-electron chi connectivity index (χ0n) is 14.6. The molecule has 2 aromatic carbocycles. The average molecular weight is 353 g/mol. The van der Waals surface area contributed by atoms with Crippen LogP contribution in [0.2, 0.25) is 0 Å². The highest BCUT2D eigenvalue weighted by Crippen LogP contribution is 2.22. The van der Waals surface area contributed by atoms with Crippen molar-refractivity contribution in [2.45, 2.75) is 13.5 Å². The van der Waals surface area contributed by atoms with E-state index in [4.69, 9.17) is 9.15 Å². The number of hydrogen-bond acceptors (Lipinski definition) is 5. The van der Waals surface area contributed by atoms with Crippen molar-refractivity contribution < 1.29 is 19.1 Å². The molecule has 0 radical (unpaired) electrons.